The van der Waals surface area contributed by atoms with Crippen molar-refractivity contribution < 1.29 is 5.11 Å². The number of hydrogen-bond donors (Lipinski definition) is 2. The van der Waals surface area contributed by atoms with Crippen LogP contribution in [0.5, 0.6) is 0 Å². The van der Waals surface area contributed by atoms with Crippen molar-refractivity contribution >= 4 is 11.8 Å². The summed E-state index contributed by atoms with van der Waals surface area (Å²) in [6, 6.07) is 0.469. The Bertz CT molecular complexity index is 143. The summed E-state index contributed by atoms with van der Waals surface area (Å²) in [5, 5.41) is 12.5. The fraction of sp³-hybridized carbons (Fsp3) is 0.750. The highest BCUT2D eigenvalue weighted by Gasteiger charge is 2.28. The minimum atomic E-state index is 0.106. The van der Waals surface area contributed by atoms with Crippen molar-refractivity contribution in [2.24, 2.45) is 0 Å². The van der Waals surface area contributed by atoms with E-state index in [0.717, 1.165) is 18.1 Å². The van der Waals surface area contributed by atoms with Gasteiger partial charge in [0.05, 0.1) is 0 Å². The van der Waals surface area contributed by atoms with Gasteiger partial charge in [0.15, 0.2) is 5.88 Å². The fourth-order valence-electron chi connectivity index (χ4n) is 1.29. The standard InChI is InChI=1S/C8H15NOS/c1-3-11-8-4-7(5-8)9-6(2)10/h7-10H,2-5H2,1H3. The Morgan fingerprint density at radius 3 is 2.82 bits per heavy atom. The zero-order chi connectivity index (χ0) is 8.27. The first kappa shape index (κ1) is 8.78. The summed E-state index contributed by atoms with van der Waals surface area (Å²) in [6.07, 6.45) is 2.33. The molecule has 0 heterocycles. The SMILES string of the molecule is C=C(O)NC1CC(SCC)C1. The molecule has 1 rings (SSSR count). The average Bonchev–Trinajstić information content (AvgIpc) is 1.82. The molecule has 2 N–H and O–H groups in total. The van der Waals surface area contributed by atoms with E-state index in [-0.39, 0.29) is 5.88 Å². The van der Waals surface area contributed by atoms with Crippen LogP contribution >= 0.6 is 11.8 Å². The lowest BCUT2D eigenvalue weighted by molar-refractivity contribution is 0.290. The van der Waals surface area contributed by atoms with Crippen LogP contribution in [0.4, 0.5) is 0 Å². The third-order valence-corrected chi connectivity index (χ3v) is 3.06. The van der Waals surface area contributed by atoms with Crippen LogP contribution < -0.4 is 5.32 Å². The first-order chi connectivity index (χ1) is 5.22. The van der Waals surface area contributed by atoms with Crippen molar-refractivity contribution in [1.82, 2.24) is 5.32 Å². The van der Waals surface area contributed by atoms with Crippen LogP contribution in [-0.4, -0.2) is 22.2 Å². The van der Waals surface area contributed by atoms with Gasteiger partial charge in [-0.05, 0) is 25.2 Å². The molecule has 0 aromatic rings. The Hall–Kier alpha value is -0.310. The third kappa shape index (κ3) is 2.66. The van der Waals surface area contributed by atoms with Crippen molar-refractivity contribution in [2.45, 2.75) is 31.1 Å². The van der Waals surface area contributed by atoms with Gasteiger partial charge in [0, 0.05) is 11.3 Å². The van der Waals surface area contributed by atoms with Crippen molar-refractivity contribution in [2.75, 3.05) is 5.75 Å². The molecule has 1 saturated carbocycles. The lowest BCUT2D eigenvalue weighted by Crippen LogP contribution is -2.42. The van der Waals surface area contributed by atoms with Gasteiger partial charge >= 0.3 is 0 Å². The smallest absolute Gasteiger partial charge is 0.176 e. The Morgan fingerprint density at radius 2 is 2.36 bits per heavy atom. The van der Waals surface area contributed by atoms with Gasteiger partial charge in [0.25, 0.3) is 0 Å². The molecule has 64 valence electrons. The van der Waals surface area contributed by atoms with Gasteiger partial charge in [-0.15, -0.1) is 0 Å². The van der Waals surface area contributed by atoms with Crippen molar-refractivity contribution in [3.8, 4) is 0 Å². The third-order valence-electron chi connectivity index (χ3n) is 1.87. The van der Waals surface area contributed by atoms with E-state index in [1.807, 2.05) is 11.8 Å². The lowest BCUT2D eigenvalue weighted by atomic mass is 9.92. The molecule has 0 saturated heterocycles. The summed E-state index contributed by atoms with van der Waals surface area (Å²) in [4.78, 5) is 0. The Labute approximate surface area is 72.1 Å². The van der Waals surface area contributed by atoms with Crippen LogP contribution in [0, 0.1) is 0 Å². The highest BCUT2D eigenvalue weighted by Crippen LogP contribution is 2.31. The van der Waals surface area contributed by atoms with E-state index in [1.54, 1.807) is 0 Å². The summed E-state index contributed by atoms with van der Waals surface area (Å²) in [6.45, 7) is 5.56. The first-order valence-electron chi connectivity index (χ1n) is 3.98. The highest BCUT2D eigenvalue weighted by molar-refractivity contribution is 7.99. The molecule has 1 aliphatic rings. The maximum Gasteiger partial charge on any atom is 0.176 e. The molecule has 0 aromatic heterocycles. The zero-order valence-electron chi connectivity index (χ0n) is 6.84. The van der Waals surface area contributed by atoms with E-state index in [9.17, 15) is 0 Å². The summed E-state index contributed by atoms with van der Waals surface area (Å²) < 4.78 is 0. The molecule has 0 bridgehead atoms. The summed E-state index contributed by atoms with van der Waals surface area (Å²) >= 11 is 2.00. The second kappa shape index (κ2) is 3.90. The molecule has 0 spiro atoms. The average molecular weight is 173 g/mol. The molecule has 1 aliphatic carbocycles. The number of rotatable bonds is 4. The molecule has 1 fully saturated rings. The molecule has 0 aliphatic heterocycles. The highest BCUT2D eigenvalue weighted by atomic mass is 32.2. The molecule has 0 atom stereocenters. The van der Waals surface area contributed by atoms with E-state index in [4.69, 9.17) is 5.11 Å². The molecule has 2 nitrogen and oxygen atoms in total. The monoisotopic (exact) mass is 173 g/mol. The second-order valence-electron chi connectivity index (χ2n) is 2.84. The van der Waals surface area contributed by atoms with Crippen molar-refractivity contribution in [3.05, 3.63) is 12.5 Å². The molecular weight excluding hydrogens is 158 g/mol. The summed E-state index contributed by atoms with van der Waals surface area (Å²) in [5.41, 5.74) is 0. The van der Waals surface area contributed by atoms with Gasteiger partial charge in [-0.3, -0.25) is 0 Å². The van der Waals surface area contributed by atoms with Crippen LogP contribution in [0.3, 0.4) is 0 Å². The van der Waals surface area contributed by atoms with Crippen LogP contribution in [-0.2, 0) is 0 Å². The summed E-state index contributed by atoms with van der Waals surface area (Å²) in [7, 11) is 0. The predicted molar refractivity (Wildman–Crippen MR) is 49.8 cm³/mol. The van der Waals surface area contributed by atoms with E-state index in [2.05, 4.69) is 18.8 Å². The Balaban J connectivity index is 2.04. The number of nitrogens with one attached hydrogen (secondary N) is 1. The van der Waals surface area contributed by atoms with Crippen LogP contribution in [0.2, 0.25) is 0 Å². The van der Waals surface area contributed by atoms with Gasteiger partial charge in [-0.2, -0.15) is 11.8 Å². The Morgan fingerprint density at radius 1 is 1.73 bits per heavy atom. The van der Waals surface area contributed by atoms with Gasteiger partial charge < -0.3 is 10.4 Å². The normalized spacial score (nSPS) is 29.2. The molecule has 11 heavy (non-hydrogen) atoms. The van der Waals surface area contributed by atoms with E-state index in [1.165, 1.54) is 5.75 Å². The minimum absolute atomic E-state index is 0.106. The van der Waals surface area contributed by atoms with Gasteiger partial charge in [0.2, 0.25) is 0 Å². The first-order valence-corrected chi connectivity index (χ1v) is 5.03. The largest absolute Gasteiger partial charge is 0.495 e. The summed E-state index contributed by atoms with van der Waals surface area (Å²) in [5.74, 6) is 1.30. The molecule has 0 aromatic carbocycles. The number of aliphatic hydroxyl groups excluding tert-OH is 1. The topological polar surface area (TPSA) is 32.3 Å². The molecule has 0 unspecified atom stereocenters. The Kier molecular flexibility index (Phi) is 3.12. The van der Waals surface area contributed by atoms with Crippen LogP contribution in [0.15, 0.2) is 12.5 Å². The quantitative estimate of drug-likeness (QED) is 0.637. The fourth-order valence-corrected chi connectivity index (χ4v) is 2.50. The number of hydrogen-bond acceptors (Lipinski definition) is 3. The lowest BCUT2D eigenvalue weighted by Gasteiger charge is -2.35. The minimum Gasteiger partial charge on any atom is -0.495 e. The molecule has 0 radical (unpaired) electrons. The van der Waals surface area contributed by atoms with Gasteiger partial charge in [-0.25, -0.2) is 0 Å². The van der Waals surface area contributed by atoms with Gasteiger partial charge in [0.1, 0.15) is 0 Å². The molecule has 0 amide bonds. The van der Waals surface area contributed by atoms with E-state index < -0.39 is 0 Å². The second-order valence-corrected chi connectivity index (χ2v) is 4.41. The maximum absolute atomic E-state index is 8.79. The predicted octanol–water partition coefficient (Wildman–Crippen LogP) is 1.89. The van der Waals surface area contributed by atoms with Crippen LogP contribution in [0.1, 0.15) is 19.8 Å². The number of thioether (sulfide) groups is 1. The van der Waals surface area contributed by atoms with Crippen LogP contribution in [0.25, 0.3) is 0 Å². The zero-order valence-corrected chi connectivity index (χ0v) is 7.66. The molecular formula is C8H15NOS. The van der Waals surface area contributed by atoms with Gasteiger partial charge in [-0.1, -0.05) is 6.92 Å². The van der Waals surface area contributed by atoms with Crippen molar-refractivity contribution in [3.63, 3.8) is 0 Å². The maximum atomic E-state index is 8.79. The van der Waals surface area contributed by atoms with E-state index >= 15 is 0 Å². The number of aliphatic hydroxyl groups is 1. The van der Waals surface area contributed by atoms with E-state index in [0.29, 0.717) is 6.04 Å². The van der Waals surface area contributed by atoms with Crippen molar-refractivity contribution in [1.29, 1.82) is 0 Å². The molecule has 3 heteroatoms.